The van der Waals surface area contributed by atoms with Gasteiger partial charge in [-0.25, -0.2) is 0 Å². The van der Waals surface area contributed by atoms with Crippen LogP contribution in [-0.4, -0.2) is 17.8 Å². The molecule has 0 aliphatic rings. The molecule has 74 valence electrons. The molecular weight excluding hydrogens is 162 g/mol. The summed E-state index contributed by atoms with van der Waals surface area (Å²) in [6, 6.07) is -0.0560. The zero-order valence-corrected chi connectivity index (χ0v) is 8.40. The van der Waals surface area contributed by atoms with E-state index in [1.54, 1.807) is 6.08 Å². The Balaban J connectivity index is 4.61. The fraction of sp³-hybridized carbons (Fsp3) is 0.455. The van der Waals surface area contributed by atoms with E-state index in [0.717, 1.165) is 5.57 Å². The van der Waals surface area contributed by atoms with Crippen LogP contribution in [0.3, 0.4) is 0 Å². The Hall–Kier alpha value is -0.860. The number of hydrogen-bond acceptors (Lipinski definition) is 2. The maximum atomic E-state index is 9.10. The lowest BCUT2D eigenvalue weighted by molar-refractivity contribution is 0.233. The van der Waals surface area contributed by atoms with Gasteiger partial charge in [0.15, 0.2) is 0 Å². The van der Waals surface area contributed by atoms with Gasteiger partial charge in [-0.1, -0.05) is 30.9 Å². The highest BCUT2D eigenvalue weighted by atomic mass is 16.3. The first-order valence-corrected chi connectivity index (χ1v) is 4.49. The van der Waals surface area contributed by atoms with Crippen LogP contribution in [-0.2, 0) is 0 Å². The van der Waals surface area contributed by atoms with Crippen LogP contribution in [0.5, 0.6) is 0 Å². The smallest absolute Gasteiger partial charge is 0.0514 e. The molecule has 0 aliphatic carbocycles. The minimum atomic E-state index is -0.0560. The molecule has 0 saturated heterocycles. The van der Waals surface area contributed by atoms with Gasteiger partial charge in [0.1, 0.15) is 0 Å². The van der Waals surface area contributed by atoms with Gasteiger partial charge in [0.2, 0.25) is 0 Å². The number of allylic oxidation sites excluding steroid dienone is 4. The van der Waals surface area contributed by atoms with E-state index < -0.39 is 0 Å². The third-order valence-corrected chi connectivity index (χ3v) is 1.98. The van der Waals surface area contributed by atoms with Crippen molar-refractivity contribution in [3.05, 3.63) is 36.5 Å². The summed E-state index contributed by atoms with van der Waals surface area (Å²) in [4.78, 5) is 0. The van der Waals surface area contributed by atoms with E-state index >= 15 is 0 Å². The number of hydrogen-bond donors (Lipinski definition) is 2. The maximum Gasteiger partial charge on any atom is 0.0514 e. The van der Waals surface area contributed by atoms with E-state index in [1.165, 1.54) is 0 Å². The summed E-state index contributed by atoms with van der Waals surface area (Å²) in [5.74, 6) is -0.0197. The summed E-state index contributed by atoms with van der Waals surface area (Å²) >= 11 is 0. The van der Waals surface area contributed by atoms with Crippen molar-refractivity contribution >= 4 is 0 Å². The minimum Gasteiger partial charge on any atom is -0.396 e. The Labute approximate surface area is 80.5 Å². The van der Waals surface area contributed by atoms with Crippen LogP contribution in [0.2, 0.25) is 0 Å². The fourth-order valence-electron chi connectivity index (χ4n) is 1.13. The molecule has 0 spiro atoms. The second-order valence-corrected chi connectivity index (χ2v) is 3.04. The quantitative estimate of drug-likeness (QED) is 0.633. The Kier molecular flexibility index (Phi) is 6.20. The van der Waals surface area contributed by atoms with Crippen LogP contribution < -0.4 is 5.73 Å². The molecule has 0 aliphatic heterocycles. The number of aliphatic hydroxyl groups excluding tert-OH is 1. The van der Waals surface area contributed by atoms with E-state index in [2.05, 4.69) is 6.58 Å². The SMILES string of the molecule is C=C/C(=C\C=C/C)C(CO)C(C)N. The standard InChI is InChI=1S/C11H19NO/c1-4-6-7-10(5-2)11(8-13)9(3)12/h4-7,9,11,13H,2,8,12H2,1,3H3/b6-4-,10-7+. The fourth-order valence-corrected chi connectivity index (χ4v) is 1.13. The van der Waals surface area contributed by atoms with Crippen molar-refractivity contribution in [2.45, 2.75) is 19.9 Å². The number of rotatable bonds is 5. The molecule has 0 radical (unpaired) electrons. The Morgan fingerprint density at radius 2 is 2.23 bits per heavy atom. The number of aliphatic hydroxyl groups is 1. The molecule has 13 heavy (non-hydrogen) atoms. The normalized spacial score (nSPS) is 17.4. The lowest BCUT2D eigenvalue weighted by Gasteiger charge is -2.18. The lowest BCUT2D eigenvalue weighted by Crippen LogP contribution is -2.30. The highest BCUT2D eigenvalue weighted by Gasteiger charge is 2.14. The Morgan fingerprint density at radius 1 is 1.62 bits per heavy atom. The monoisotopic (exact) mass is 181 g/mol. The third kappa shape index (κ3) is 4.06. The number of nitrogens with two attached hydrogens (primary N) is 1. The molecule has 0 rings (SSSR count). The zero-order chi connectivity index (χ0) is 10.3. The summed E-state index contributed by atoms with van der Waals surface area (Å²) in [7, 11) is 0. The Morgan fingerprint density at radius 3 is 2.54 bits per heavy atom. The molecule has 2 atom stereocenters. The summed E-state index contributed by atoms with van der Waals surface area (Å²) in [6.45, 7) is 7.58. The van der Waals surface area contributed by atoms with Crippen LogP contribution in [0.1, 0.15) is 13.8 Å². The molecule has 0 aromatic rings. The van der Waals surface area contributed by atoms with E-state index in [1.807, 2.05) is 32.1 Å². The maximum absolute atomic E-state index is 9.10. The summed E-state index contributed by atoms with van der Waals surface area (Å²) < 4.78 is 0. The van der Waals surface area contributed by atoms with Crippen molar-refractivity contribution in [3.63, 3.8) is 0 Å². The molecule has 3 N–H and O–H groups in total. The Bertz CT molecular complexity index is 204. The topological polar surface area (TPSA) is 46.2 Å². The van der Waals surface area contributed by atoms with Gasteiger partial charge in [-0.3, -0.25) is 0 Å². The van der Waals surface area contributed by atoms with Gasteiger partial charge in [-0.05, 0) is 19.4 Å². The van der Waals surface area contributed by atoms with Gasteiger partial charge in [0, 0.05) is 12.0 Å². The molecular formula is C11H19NO. The van der Waals surface area contributed by atoms with Crippen molar-refractivity contribution in [2.24, 2.45) is 11.7 Å². The average molecular weight is 181 g/mol. The molecule has 0 aromatic carbocycles. The highest BCUT2D eigenvalue weighted by Crippen LogP contribution is 2.14. The zero-order valence-electron chi connectivity index (χ0n) is 8.40. The van der Waals surface area contributed by atoms with Crippen molar-refractivity contribution in [3.8, 4) is 0 Å². The predicted molar refractivity (Wildman–Crippen MR) is 57.3 cm³/mol. The molecule has 0 amide bonds. The predicted octanol–water partition coefficient (Wildman–Crippen LogP) is 1.63. The van der Waals surface area contributed by atoms with E-state index in [4.69, 9.17) is 10.8 Å². The van der Waals surface area contributed by atoms with Gasteiger partial charge in [-0.2, -0.15) is 0 Å². The first kappa shape index (κ1) is 12.1. The molecule has 0 fully saturated rings. The lowest BCUT2D eigenvalue weighted by atomic mass is 9.93. The minimum absolute atomic E-state index is 0.0197. The van der Waals surface area contributed by atoms with Crippen LogP contribution in [0, 0.1) is 5.92 Å². The third-order valence-electron chi connectivity index (χ3n) is 1.98. The molecule has 0 aromatic heterocycles. The van der Waals surface area contributed by atoms with Crippen LogP contribution in [0.25, 0.3) is 0 Å². The van der Waals surface area contributed by atoms with Gasteiger partial charge in [-0.15, -0.1) is 0 Å². The second kappa shape index (κ2) is 6.63. The molecule has 2 unspecified atom stereocenters. The van der Waals surface area contributed by atoms with Crippen LogP contribution >= 0.6 is 0 Å². The summed E-state index contributed by atoms with van der Waals surface area (Å²) in [5, 5.41) is 9.10. The van der Waals surface area contributed by atoms with Gasteiger partial charge in [0.05, 0.1) is 6.61 Å². The molecule has 0 bridgehead atoms. The van der Waals surface area contributed by atoms with Crippen LogP contribution in [0.4, 0.5) is 0 Å². The molecule has 0 heterocycles. The first-order valence-electron chi connectivity index (χ1n) is 4.49. The van der Waals surface area contributed by atoms with Crippen molar-refractivity contribution in [1.29, 1.82) is 0 Å². The molecule has 2 heteroatoms. The van der Waals surface area contributed by atoms with Crippen LogP contribution in [0.15, 0.2) is 36.5 Å². The average Bonchev–Trinajstić information content (AvgIpc) is 2.11. The van der Waals surface area contributed by atoms with E-state index in [9.17, 15) is 0 Å². The first-order chi connectivity index (χ1) is 6.17. The van der Waals surface area contributed by atoms with Crippen molar-refractivity contribution < 1.29 is 5.11 Å². The molecule has 0 saturated carbocycles. The van der Waals surface area contributed by atoms with E-state index in [0.29, 0.717) is 0 Å². The summed E-state index contributed by atoms with van der Waals surface area (Å²) in [6.07, 6.45) is 7.52. The highest BCUT2D eigenvalue weighted by molar-refractivity contribution is 5.25. The van der Waals surface area contributed by atoms with Gasteiger partial charge in [0.25, 0.3) is 0 Å². The van der Waals surface area contributed by atoms with Crippen molar-refractivity contribution in [1.82, 2.24) is 0 Å². The second-order valence-electron chi connectivity index (χ2n) is 3.04. The summed E-state index contributed by atoms with van der Waals surface area (Å²) in [5.41, 5.74) is 6.70. The van der Waals surface area contributed by atoms with E-state index in [-0.39, 0.29) is 18.6 Å². The largest absolute Gasteiger partial charge is 0.396 e. The van der Waals surface area contributed by atoms with Crippen molar-refractivity contribution in [2.75, 3.05) is 6.61 Å². The van der Waals surface area contributed by atoms with Gasteiger partial charge >= 0.3 is 0 Å². The molecule has 2 nitrogen and oxygen atoms in total. The van der Waals surface area contributed by atoms with Gasteiger partial charge < -0.3 is 10.8 Å².